The molecule has 0 bridgehead atoms. The van der Waals surface area contributed by atoms with Crippen LogP contribution < -0.4 is 19.1 Å². The van der Waals surface area contributed by atoms with Gasteiger partial charge in [-0.05, 0) is 49.6 Å². The molecule has 1 aliphatic rings. The summed E-state index contributed by atoms with van der Waals surface area (Å²) in [6.45, 7) is 6.43. The summed E-state index contributed by atoms with van der Waals surface area (Å²) in [4.78, 5) is 12.6. The highest BCUT2D eigenvalue weighted by Gasteiger charge is 2.24. The van der Waals surface area contributed by atoms with Crippen LogP contribution in [0.1, 0.15) is 29.7 Å². The van der Waals surface area contributed by atoms with Crippen LogP contribution in [0.15, 0.2) is 36.4 Å². The van der Waals surface area contributed by atoms with Crippen molar-refractivity contribution in [2.24, 2.45) is 0 Å². The summed E-state index contributed by atoms with van der Waals surface area (Å²) in [5.74, 6) is 0.628. The molecule has 156 valence electrons. The fourth-order valence-electron chi connectivity index (χ4n) is 3.12. The first-order chi connectivity index (χ1) is 13.6. The second-order valence-corrected chi connectivity index (χ2v) is 9.14. The van der Waals surface area contributed by atoms with Gasteiger partial charge < -0.3 is 14.8 Å². The number of nitrogens with zero attached hydrogens (tertiary/aromatic N) is 1. The molecule has 0 unspecified atom stereocenters. The van der Waals surface area contributed by atoms with Gasteiger partial charge in [0.15, 0.2) is 11.5 Å². The number of carbonyl (C=O) groups excluding carboxylic acids is 1. The van der Waals surface area contributed by atoms with E-state index in [2.05, 4.69) is 5.32 Å². The number of nitrogens with one attached hydrogen (secondary N) is 1. The van der Waals surface area contributed by atoms with Crippen LogP contribution in [-0.4, -0.2) is 40.3 Å². The van der Waals surface area contributed by atoms with Crippen molar-refractivity contribution in [1.82, 2.24) is 5.32 Å². The van der Waals surface area contributed by atoms with Gasteiger partial charge in [-0.3, -0.25) is 9.10 Å². The molecule has 8 heteroatoms. The smallest absolute Gasteiger partial charge is 0.241 e. The first-order valence-electron chi connectivity index (χ1n) is 9.39. The van der Waals surface area contributed by atoms with E-state index < -0.39 is 15.9 Å². The molecule has 0 saturated heterocycles. The van der Waals surface area contributed by atoms with Crippen LogP contribution in [0, 0.1) is 13.8 Å². The minimum absolute atomic E-state index is 0.247. The van der Waals surface area contributed by atoms with Crippen molar-refractivity contribution in [2.75, 3.05) is 30.3 Å². The van der Waals surface area contributed by atoms with Gasteiger partial charge in [0.25, 0.3) is 0 Å². The maximum Gasteiger partial charge on any atom is 0.241 e. The summed E-state index contributed by atoms with van der Waals surface area (Å²) in [5.41, 5.74) is 3.63. The van der Waals surface area contributed by atoms with E-state index in [0.29, 0.717) is 30.4 Å². The largest absolute Gasteiger partial charge is 0.486 e. The highest BCUT2D eigenvalue weighted by Crippen LogP contribution is 2.34. The Morgan fingerprint density at radius 1 is 1.07 bits per heavy atom. The van der Waals surface area contributed by atoms with Crippen molar-refractivity contribution in [2.45, 2.75) is 26.8 Å². The van der Waals surface area contributed by atoms with E-state index in [9.17, 15) is 13.2 Å². The summed E-state index contributed by atoms with van der Waals surface area (Å²) in [5, 5.41) is 2.88. The second-order valence-electron chi connectivity index (χ2n) is 7.23. The van der Waals surface area contributed by atoms with Crippen LogP contribution in [0.4, 0.5) is 5.69 Å². The molecule has 0 saturated carbocycles. The first kappa shape index (κ1) is 21.0. The predicted molar refractivity (Wildman–Crippen MR) is 112 cm³/mol. The van der Waals surface area contributed by atoms with Crippen LogP contribution in [0.25, 0.3) is 0 Å². The number of benzene rings is 2. The highest BCUT2D eigenvalue weighted by molar-refractivity contribution is 7.92. The molecule has 0 spiro atoms. The maximum absolute atomic E-state index is 12.6. The zero-order chi connectivity index (χ0) is 21.2. The Balaban J connectivity index is 1.76. The fourth-order valence-corrected chi connectivity index (χ4v) is 3.97. The second kappa shape index (κ2) is 8.32. The topological polar surface area (TPSA) is 84.9 Å². The lowest BCUT2D eigenvalue weighted by molar-refractivity contribution is -0.120. The minimum Gasteiger partial charge on any atom is -0.486 e. The van der Waals surface area contributed by atoms with Crippen LogP contribution in [-0.2, 0) is 14.8 Å². The summed E-state index contributed by atoms with van der Waals surface area (Å²) in [6.07, 6.45) is 1.07. The third-order valence-corrected chi connectivity index (χ3v) is 6.05. The molecule has 1 aliphatic heterocycles. The molecule has 1 N–H and O–H groups in total. The van der Waals surface area contributed by atoms with Crippen molar-refractivity contribution in [3.63, 3.8) is 0 Å². The van der Waals surface area contributed by atoms with Gasteiger partial charge in [-0.2, -0.15) is 0 Å². The van der Waals surface area contributed by atoms with E-state index in [0.717, 1.165) is 21.7 Å². The first-order valence-corrected chi connectivity index (χ1v) is 11.2. The number of sulfonamides is 1. The Labute approximate surface area is 171 Å². The quantitative estimate of drug-likeness (QED) is 0.780. The van der Waals surface area contributed by atoms with Crippen LogP contribution in [0.3, 0.4) is 0 Å². The Kier molecular flexibility index (Phi) is 6.02. The normalized spacial score (nSPS) is 14.2. The fraction of sp³-hybridized carbons (Fsp3) is 0.381. The Morgan fingerprint density at radius 2 is 1.76 bits per heavy atom. The number of ether oxygens (including phenoxy) is 2. The molecular weight excluding hydrogens is 392 g/mol. The SMILES string of the molecule is Cc1ccc([C@@H](C)NC(=O)CN(c2ccc3c(c2)OCCO3)S(C)(=O)=O)cc1C. The number of fused-ring (bicyclic) bond motifs is 1. The molecule has 2 aromatic rings. The number of rotatable bonds is 6. The van der Waals surface area contributed by atoms with Gasteiger partial charge in [-0.1, -0.05) is 18.2 Å². The lowest BCUT2D eigenvalue weighted by atomic mass is 10.0. The van der Waals surface area contributed by atoms with Gasteiger partial charge in [0.05, 0.1) is 18.0 Å². The van der Waals surface area contributed by atoms with Gasteiger partial charge in [0.2, 0.25) is 15.9 Å². The van der Waals surface area contributed by atoms with Crippen molar-refractivity contribution in [3.05, 3.63) is 53.1 Å². The molecule has 7 nitrogen and oxygen atoms in total. The van der Waals surface area contributed by atoms with E-state index in [1.807, 2.05) is 39.0 Å². The number of aryl methyl sites for hydroxylation is 2. The number of amides is 1. The number of hydrogen-bond acceptors (Lipinski definition) is 5. The average molecular weight is 419 g/mol. The monoisotopic (exact) mass is 418 g/mol. The molecule has 0 radical (unpaired) electrons. The Bertz CT molecular complexity index is 1020. The summed E-state index contributed by atoms with van der Waals surface area (Å²) >= 11 is 0. The van der Waals surface area contributed by atoms with Gasteiger partial charge in [-0.25, -0.2) is 8.42 Å². The van der Waals surface area contributed by atoms with Gasteiger partial charge >= 0.3 is 0 Å². The lowest BCUT2D eigenvalue weighted by Gasteiger charge is -2.25. The Morgan fingerprint density at radius 3 is 2.41 bits per heavy atom. The molecule has 0 fully saturated rings. The van der Waals surface area contributed by atoms with Crippen molar-refractivity contribution in [1.29, 1.82) is 0 Å². The molecule has 3 rings (SSSR count). The molecular formula is C21H26N2O5S. The minimum atomic E-state index is -3.68. The summed E-state index contributed by atoms with van der Waals surface area (Å²) in [6, 6.07) is 10.6. The van der Waals surface area contributed by atoms with E-state index in [1.165, 1.54) is 5.56 Å². The van der Waals surface area contributed by atoms with E-state index in [-0.39, 0.29) is 12.6 Å². The van der Waals surface area contributed by atoms with E-state index in [4.69, 9.17) is 9.47 Å². The third kappa shape index (κ3) is 5.00. The van der Waals surface area contributed by atoms with E-state index in [1.54, 1.807) is 18.2 Å². The number of anilines is 1. The molecule has 0 aliphatic carbocycles. The van der Waals surface area contributed by atoms with Gasteiger partial charge in [0.1, 0.15) is 19.8 Å². The summed E-state index contributed by atoms with van der Waals surface area (Å²) < 4.78 is 36.8. The van der Waals surface area contributed by atoms with Crippen LogP contribution >= 0.6 is 0 Å². The van der Waals surface area contributed by atoms with Crippen molar-refractivity contribution >= 4 is 21.6 Å². The standard InChI is InChI=1S/C21H26N2O5S/c1-14-5-6-17(11-15(14)2)16(3)22-21(24)13-23(29(4,25)26)18-7-8-19-20(12-18)28-10-9-27-19/h5-8,11-12,16H,9-10,13H2,1-4H3,(H,22,24)/t16-/m1/s1. The molecule has 29 heavy (non-hydrogen) atoms. The zero-order valence-electron chi connectivity index (χ0n) is 17.1. The summed E-state index contributed by atoms with van der Waals surface area (Å²) in [7, 11) is -3.68. The lowest BCUT2D eigenvalue weighted by Crippen LogP contribution is -2.41. The predicted octanol–water partition coefficient (Wildman–Crippen LogP) is 2.72. The molecule has 1 amide bonds. The average Bonchev–Trinajstić information content (AvgIpc) is 2.67. The van der Waals surface area contributed by atoms with Gasteiger partial charge in [0, 0.05) is 6.07 Å². The molecule has 2 aromatic carbocycles. The van der Waals surface area contributed by atoms with Crippen LogP contribution in [0.5, 0.6) is 11.5 Å². The third-order valence-electron chi connectivity index (χ3n) is 4.91. The van der Waals surface area contributed by atoms with E-state index >= 15 is 0 Å². The van der Waals surface area contributed by atoms with Crippen molar-refractivity contribution < 1.29 is 22.7 Å². The molecule has 0 aromatic heterocycles. The highest BCUT2D eigenvalue weighted by atomic mass is 32.2. The Hall–Kier alpha value is -2.74. The zero-order valence-corrected chi connectivity index (χ0v) is 17.9. The molecule has 1 atom stereocenters. The number of carbonyl (C=O) groups is 1. The van der Waals surface area contributed by atoms with Crippen LogP contribution in [0.2, 0.25) is 0 Å². The number of hydrogen-bond donors (Lipinski definition) is 1. The maximum atomic E-state index is 12.6. The van der Waals surface area contributed by atoms with Gasteiger partial charge in [-0.15, -0.1) is 0 Å². The molecule has 1 heterocycles. The van der Waals surface area contributed by atoms with Crippen molar-refractivity contribution in [3.8, 4) is 11.5 Å².